The lowest BCUT2D eigenvalue weighted by atomic mass is 10.3. The molecule has 0 aliphatic carbocycles. The Kier molecular flexibility index (Phi) is 3.61. The van der Waals surface area contributed by atoms with Crippen LogP contribution in [0.1, 0.15) is 5.56 Å². The highest BCUT2D eigenvalue weighted by atomic mass is 16.5. The van der Waals surface area contributed by atoms with E-state index in [1.54, 1.807) is 7.11 Å². The summed E-state index contributed by atoms with van der Waals surface area (Å²) in [5.41, 5.74) is 7.62. The first-order chi connectivity index (χ1) is 8.26. The molecule has 2 aromatic rings. The van der Waals surface area contributed by atoms with Gasteiger partial charge in [-0.25, -0.2) is 4.98 Å². The van der Waals surface area contributed by atoms with Crippen molar-refractivity contribution >= 4 is 11.5 Å². The predicted octanol–water partition coefficient (Wildman–Crippen LogP) is 0.876. The Morgan fingerprint density at radius 3 is 3.06 bits per heavy atom. The lowest BCUT2D eigenvalue weighted by Gasteiger charge is -2.17. The highest BCUT2D eigenvalue weighted by Gasteiger charge is 2.07. The normalized spacial score (nSPS) is 11.0. The fraction of sp³-hybridized carbons (Fsp3) is 0.417. The predicted molar refractivity (Wildman–Crippen MR) is 68.2 cm³/mol. The van der Waals surface area contributed by atoms with Crippen molar-refractivity contribution in [2.45, 2.75) is 6.54 Å². The summed E-state index contributed by atoms with van der Waals surface area (Å²) in [5.74, 6) is 1.06. The first-order valence-electron chi connectivity index (χ1n) is 5.62. The Morgan fingerprint density at radius 1 is 1.53 bits per heavy atom. The van der Waals surface area contributed by atoms with E-state index in [0.717, 1.165) is 23.6 Å². The van der Waals surface area contributed by atoms with Gasteiger partial charge in [0, 0.05) is 33.4 Å². The summed E-state index contributed by atoms with van der Waals surface area (Å²) in [7, 11) is 3.73. The number of methoxy groups -OCH3 is 1. The number of aromatic nitrogens is 2. The molecule has 92 valence electrons. The molecule has 0 unspecified atom stereocenters. The van der Waals surface area contributed by atoms with Crippen molar-refractivity contribution in [3.05, 3.63) is 30.1 Å². The van der Waals surface area contributed by atoms with Crippen LogP contribution in [0.4, 0.5) is 5.82 Å². The zero-order chi connectivity index (χ0) is 12.3. The fourth-order valence-electron chi connectivity index (χ4n) is 1.76. The van der Waals surface area contributed by atoms with Crippen molar-refractivity contribution in [1.82, 2.24) is 9.38 Å². The first-order valence-corrected chi connectivity index (χ1v) is 5.62. The molecule has 0 radical (unpaired) electrons. The van der Waals surface area contributed by atoms with Crippen molar-refractivity contribution in [3.63, 3.8) is 0 Å². The standard InChI is InChI=1S/C12H18N4O/c1-15(5-6-17-2)12-9-14-11-7-10(8-13)3-4-16(11)12/h3-4,7,9H,5-6,8,13H2,1-2H3. The summed E-state index contributed by atoms with van der Waals surface area (Å²) in [5, 5.41) is 0. The third-order valence-electron chi connectivity index (χ3n) is 2.82. The maximum atomic E-state index is 5.61. The molecule has 0 bridgehead atoms. The highest BCUT2D eigenvalue weighted by Crippen LogP contribution is 2.16. The second kappa shape index (κ2) is 5.16. The number of fused-ring (bicyclic) bond motifs is 1. The van der Waals surface area contributed by atoms with Gasteiger partial charge in [-0.1, -0.05) is 0 Å². The van der Waals surface area contributed by atoms with Crippen LogP contribution < -0.4 is 10.6 Å². The highest BCUT2D eigenvalue weighted by molar-refractivity contribution is 5.52. The van der Waals surface area contributed by atoms with Gasteiger partial charge >= 0.3 is 0 Å². The van der Waals surface area contributed by atoms with Crippen LogP contribution in [-0.4, -0.2) is 36.7 Å². The van der Waals surface area contributed by atoms with Crippen molar-refractivity contribution in [2.24, 2.45) is 5.73 Å². The number of nitrogens with zero attached hydrogens (tertiary/aromatic N) is 3. The average Bonchev–Trinajstić information content (AvgIpc) is 2.78. The van der Waals surface area contributed by atoms with E-state index in [0.29, 0.717) is 13.2 Å². The van der Waals surface area contributed by atoms with Crippen LogP contribution in [0.15, 0.2) is 24.5 Å². The number of hydrogen-bond donors (Lipinski definition) is 1. The number of anilines is 1. The molecule has 2 aromatic heterocycles. The monoisotopic (exact) mass is 234 g/mol. The van der Waals surface area contributed by atoms with Gasteiger partial charge in [-0.2, -0.15) is 0 Å². The molecule has 0 spiro atoms. The van der Waals surface area contributed by atoms with Gasteiger partial charge in [0.05, 0.1) is 12.8 Å². The molecule has 0 saturated carbocycles. The molecule has 0 aliphatic heterocycles. The summed E-state index contributed by atoms with van der Waals surface area (Å²) in [6.07, 6.45) is 3.87. The molecule has 0 amide bonds. The van der Waals surface area contributed by atoms with Crippen molar-refractivity contribution in [3.8, 4) is 0 Å². The molecule has 5 heteroatoms. The largest absolute Gasteiger partial charge is 0.383 e. The molecule has 2 N–H and O–H groups in total. The second-order valence-electron chi connectivity index (χ2n) is 4.00. The van der Waals surface area contributed by atoms with Gasteiger partial charge in [0.25, 0.3) is 0 Å². The van der Waals surface area contributed by atoms with Crippen LogP contribution in [0, 0.1) is 0 Å². The van der Waals surface area contributed by atoms with E-state index in [4.69, 9.17) is 10.5 Å². The molecule has 0 saturated heterocycles. The molecule has 2 heterocycles. The number of likely N-dealkylation sites (N-methyl/N-ethyl adjacent to an activating group) is 1. The number of ether oxygens (including phenoxy) is 1. The Bertz CT molecular complexity index is 494. The van der Waals surface area contributed by atoms with Gasteiger partial charge in [-0.15, -0.1) is 0 Å². The minimum atomic E-state index is 0.540. The van der Waals surface area contributed by atoms with E-state index >= 15 is 0 Å². The summed E-state index contributed by atoms with van der Waals surface area (Å²) >= 11 is 0. The van der Waals surface area contributed by atoms with Crippen LogP contribution in [0.2, 0.25) is 0 Å². The molecule has 0 atom stereocenters. The molecule has 0 aliphatic rings. The quantitative estimate of drug-likeness (QED) is 0.834. The molecule has 0 fully saturated rings. The van der Waals surface area contributed by atoms with Gasteiger partial charge in [-0.3, -0.25) is 4.40 Å². The lowest BCUT2D eigenvalue weighted by molar-refractivity contribution is 0.206. The fourth-order valence-corrected chi connectivity index (χ4v) is 1.76. The zero-order valence-electron chi connectivity index (χ0n) is 10.3. The number of rotatable bonds is 5. The molecular formula is C12H18N4O. The third-order valence-corrected chi connectivity index (χ3v) is 2.82. The molecule has 17 heavy (non-hydrogen) atoms. The van der Waals surface area contributed by atoms with E-state index < -0.39 is 0 Å². The summed E-state index contributed by atoms with van der Waals surface area (Å²) in [6.45, 7) is 2.08. The van der Waals surface area contributed by atoms with E-state index in [1.165, 1.54) is 0 Å². The van der Waals surface area contributed by atoms with E-state index in [9.17, 15) is 0 Å². The van der Waals surface area contributed by atoms with Crippen LogP contribution in [-0.2, 0) is 11.3 Å². The number of hydrogen-bond acceptors (Lipinski definition) is 4. The minimum Gasteiger partial charge on any atom is -0.383 e. The maximum Gasteiger partial charge on any atom is 0.138 e. The number of imidazole rings is 1. The molecular weight excluding hydrogens is 216 g/mol. The van der Waals surface area contributed by atoms with E-state index in [2.05, 4.69) is 14.3 Å². The van der Waals surface area contributed by atoms with Crippen LogP contribution in [0.25, 0.3) is 5.65 Å². The lowest BCUT2D eigenvalue weighted by Crippen LogP contribution is -2.23. The maximum absolute atomic E-state index is 5.61. The average molecular weight is 234 g/mol. The van der Waals surface area contributed by atoms with Crippen molar-refractivity contribution in [1.29, 1.82) is 0 Å². The van der Waals surface area contributed by atoms with E-state index in [-0.39, 0.29) is 0 Å². The first kappa shape index (κ1) is 11.9. The second-order valence-corrected chi connectivity index (χ2v) is 4.00. The molecule has 2 rings (SSSR count). The topological polar surface area (TPSA) is 55.8 Å². The van der Waals surface area contributed by atoms with Crippen molar-refractivity contribution < 1.29 is 4.74 Å². The Balaban J connectivity index is 2.29. The van der Waals surface area contributed by atoms with Gasteiger partial charge < -0.3 is 15.4 Å². The minimum absolute atomic E-state index is 0.540. The van der Waals surface area contributed by atoms with Crippen LogP contribution in [0.5, 0.6) is 0 Å². The Labute approximate surface area is 101 Å². The van der Waals surface area contributed by atoms with Crippen LogP contribution >= 0.6 is 0 Å². The third kappa shape index (κ3) is 2.40. The zero-order valence-corrected chi connectivity index (χ0v) is 10.3. The van der Waals surface area contributed by atoms with Gasteiger partial charge in [0.2, 0.25) is 0 Å². The Morgan fingerprint density at radius 2 is 2.35 bits per heavy atom. The number of pyridine rings is 1. The number of nitrogens with two attached hydrogens (primary N) is 1. The van der Waals surface area contributed by atoms with E-state index in [1.807, 2.05) is 31.6 Å². The summed E-state index contributed by atoms with van der Waals surface area (Å²) < 4.78 is 7.12. The smallest absolute Gasteiger partial charge is 0.138 e. The summed E-state index contributed by atoms with van der Waals surface area (Å²) in [6, 6.07) is 4.02. The van der Waals surface area contributed by atoms with Gasteiger partial charge in [-0.05, 0) is 17.7 Å². The van der Waals surface area contributed by atoms with Crippen molar-refractivity contribution in [2.75, 3.05) is 32.2 Å². The van der Waals surface area contributed by atoms with Crippen LogP contribution in [0.3, 0.4) is 0 Å². The molecule has 5 nitrogen and oxygen atoms in total. The molecule has 0 aromatic carbocycles. The SMILES string of the molecule is COCCN(C)c1cnc2cc(CN)ccn12. The van der Waals surface area contributed by atoms with Gasteiger partial charge in [0.15, 0.2) is 0 Å². The Hall–Kier alpha value is -1.59. The van der Waals surface area contributed by atoms with Gasteiger partial charge in [0.1, 0.15) is 11.5 Å². The summed E-state index contributed by atoms with van der Waals surface area (Å²) in [4.78, 5) is 6.50.